The van der Waals surface area contributed by atoms with Crippen LogP contribution in [0.5, 0.6) is 11.5 Å². The van der Waals surface area contributed by atoms with E-state index in [2.05, 4.69) is 0 Å². The van der Waals surface area contributed by atoms with Crippen molar-refractivity contribution in [3.8, 4) is 11.5 Å². The van der Waals surface area contributed by atoms with Gasteiger partial charge >= 0.3 is 0 Å². The Morgan fingerprint density at radius 3 is 2.43 bits per heavy atom. The first-order valence-corrected chi connectivity index (χ1v) is 6.78. The Labute approximate surface area is 127 Å². The van der Waals surface area contributed by atoms with Crippen molar-refractivity contribution in [3.05, 3.63) is 59.2 Å². The summed E-state index contributed by atoms with van der Waals surface area (Å²) >= 11 is 6.37. The second-order valence-corrected chi connectivity index (χ2v) is 5.04. The lowest BCUT2D eigenvalue weighted by Gasteiger charge is -2.15. The molecular formula is C16H15ClF2O2. The topological polar surface area (TPSA) is 18.5 Å². The van der Waals surface area contributed by atoms with Crippen molar-refractivity contribution in [3.63, 3.8) is 0 Å². The molecule has 0 saturated carbocycles. The molecule has 2 aromatic carbocycles. The van der Waals surface area contributed by atoms with Crippen LogP contribution in [0, 0.1) is 11.6 Å². The van der Waals surface area contributed by atoms with Gasteiger partial charge < -0.3 is 9.47 Å². The van der Waals surface area contributed by atoms with E-state index in [4.69, 9.17) is 21.1 Å². The molecule has 0 amide bonds. The van der Waals surface area contributed by atoms with E-state index in [-0.39, 0.29) is 6.42 Å². The van der Waals surface area contributed by atoms with E-state index in [0.29, 0.717) is 22.6 Å². The van der Waals surface area contributed by atoms with Crippen molar-refractivity contribution in [1.29, 1.82) is 0 Å². The van der Waals surface area contributed by atoms with Gasteiger partial charge in [-0.1, -0.05) is 6.07 Å². The summed E-state index contributed by atoms with van der Waals surface area (Å²) in [6, 6.07) is 8.70. The van der Waals surface area contributed by atoms with E-state index in [9.17, 15) is 8.78 Å². The van der Waals surface area contributed by atoms with Crippen LogP contribution in [-0.4, -0.2) is 14.2 Å². The number of hydrogen-bond donors (Lipinski definition) is 0. The van der Waals surface area contributed by atoms with Crippen LogP contribution in [0.4, 0.5) is 8.78 Å². The standard InChI is InChI=1S/C16H15ClF2O2/c1-20-12-5-6-16(21-2)13(9-12)14(17)7-10-3-4-11(18)8-15(10)19/h3-6,8-9,14H,7H2,1-2H3. The Kier molecular flexibility index (Phi) is 5.02. The van der Waals surface area contributed by atoms with Gasteiger partial charge in [-0.3, -0.25) is 0 Å². The number of alkyl halides is 1. The summed E-state index contributed by atoms with van der Waals surface area (Å²) in [5.41, 5.74) is 1.04. The van der Waals surface area contributed by atoms with Crippen molar-refractivity contribution in [2.45, 2.75) is 11.8 Å². The predicted octanol–water partition coefficient (Wildman–Crippen LogP) is 4.50. The molecule has 5 heteroatoms. The van der Waals surface area contributed by atoms with Gasteiger partial charge in [-0.15, -0.1) is 11.6 Å². The highest BCUT2D eigenvalue weighted by molar-refractivity contribution is 6.21. The number of hydrogen-bond acceptors (Lipinski definition) is 2. The van der Waals surface area contributed by atoms with Gasteiger partial charge in [0, 0.05) is 11.6 Å². The van der Waals surface area contributed by atoms with Crippen LogP contribution >= 0.6 is 11.6 Å². The maximum atomic E-state index is 13.7. The molecule has 0 radical (unpaired) electrons. The van der Waals surface area contributed by atoms with Crippen LogP contribution in [0.1, 0.15) is 16.5 Å². The number of ether oxygens (including phenoxy) is 2. The lowest BCUT2D eigenvalue weighted by Crippen LogP contribution is -2.02. The summed E-state index contributed by atoms with van der Waals surface area (Å²) in [7, 11) is 3.09. The SMILES string of the molecule is COc1ccc(OC)c(C(Cl)Cc2ccc(F)cc2F)c1. The highest BCUT2D eigenvalue weighted by atomic mass is 35.5. The van der Waals surface area contributed by atoms with E-state index in [1.807, 2.05) is 0 Å². The highest BCUT2D eigenvalue weighted by Crippen LogP contribution is 2.35. The fraction of sp³-hybridized carbons (Fsp3) is 0.250. The van der Waals surface area contributed by atoms with Gasteiger partial charge in [0.15, 0.2) is 0 Å². The minimum atomic E-state index is -0.610. The molecule has 2 rings (SSSR count). The summed E-state index contributed by atoms with van der Waals surface area (Å²) in [6.07, 6.45) is 0.219. The monoisotopic (exact) mass is 312 g/mol. The maximum absolute atomic E-state index is 13.7. The first-order valence-electron chi connectivity index (χ1n) is 6.35. The van der Waals surface area contributed by atoms with Crippen molar-refractivity contribution >= 4 is 11.6 Å². The summed E-state index contributed by atoms with van der Waals surface area (Å²) in [5.74, 6) is 0.0122. The Morgan fingerprint density at radius 1 is 1.05 bits per heavy atom. The molecule has 0 spiro atoms. The number of methoxy groups -OCH3 is 2. The third-order valence-electron chi connectivity index (χ3n) is 3.19. The van der Waals surface area contributed by atoms with Crippen LogP contribution < -0.4 is 9.47 Å². The zero-order valence-electron chi connectivity index (χ0n) is 11.7. The van der Waals surface area contributed by atoms with Crippen molar-refractivity contribution in [1.82, 2.24) is 0 Å². The second-order valence-electron chi connectivity index (χ2n) is 4.52. The van der Waals surface area contributed by atoms with Crippen molar-refractivity contribution in [2.75, 3.05) is 14.2 Å². The first-order chi connectivity index (χ1) is 10.0. The van der Waals surface area contributed by atoms with E-state index >= 15 is 0 Å². The van der Waals surface area contributed by atoms with Crippen LogP contribution in [0.3, 0.4) is 0 Å². The molecule has 0 aliphatic rings. The Morgan fingerprint density at radius 2 is 1.81 bits per heavy atom. The lowest BCUT2D eigenvalue weighted by molar-refractivity contribution is 0.398. The van der Waals surface area contributed by atoms with Crippen molar-refractivity contribution in [2.24, 2.45) is 0 Å². The molecule has 2 aromatic rings. The average Bonchev–Trinajstić information content (AvgIpc) is 2.49. The predicted molar refractivity (Wildman–Crippen MR) is 78.2 cm³/mol. The third-order valence-corrected chi connectivity index (χ3v) is 3.58. The Hall–Kier alpha value is -1.81. The summed E-state index contributed by atoms with van der Waals surface area (Å²) < 4.78 is 37.0. The van der Waals surface area contributed by atoms with E-state index in [1.54, 1.807) is 25.3 Å². The molecular weight excluding hydrogens is 298 g/mol. The molecule has 0 fully saturated rings. The zero-order valence-corrected chi connectivity index (χ0v) is 12.5. The normalized spacial score (nSPS) is 12.0. The summed E-state index contributed by atoms with van der Waals surface area (Å²) in [6.45, 7) is 0. The molecule has 2 nitrogen and oxygen atoms in total. The molecule has 1 unspecified atom stereocenters. The zero-order chi connectivity index (χ0) is 15.4. The molecule has 0 aliphatic heterocycles. The molecule has 0 aromatic heterocycles. The van der Waals surface area contributed by atoms with Crippen LogP contribution in [0.15, 0.2) is 36.4 Å². The average molecular weight is 313 g/mol. The van der Waals surface area contributed by atoms with Crippen LogP contribution in [0.25, 0.3) is 0 Å². The molecule has 112 valence electrons. The van der Waals surface area contributed by atoms with Gasteiger partial charge in [-0.2, -0.15) is 0 Å². The van der Waals surface area contributed by atoms with Crippen molar-refractivity contribution < 1.29 is 18.3 Å². The number of benzene rings is 2. The van der Waals surface area contributed by atoms with Gasteiger partial charge in [0.2, 0.25) is 0 Å². The van der Waals surface area contributed by atoms with Gasteiger partial charge in [-0.05, 0) is 36.2 Å². The lowest BCUT2D eigenvalue weighted by atomic mass is 10.0. The summed E-state index contributed by atoms with van der Waals surface area (Å²) in [5, 5.41) is -0.519. The molecule has 0 saturated heterocycles. The molecule has 0 N–H and O–H groups in total. The van der Waals surface area contributed by atoms with E-state index in [0.717, 1.165) is 6.07 Å². The van der Waals surface area contributed by atoms with Gasteiger partial charge in [0.05, 0.1) is 19.6 Å². The molecule has 0 bridgehead atoms. The maximum Gasteiger partial charge on any atom is 0.129 e. The second kappa shape index (κ2) is 6.76. The fourth-order valence-corrected chi connectivity index (χ4v) is 2.41. The molecule has 0 aliphatic carbocycles. The van der Waals surface area contributed by atoms with Gasteiger partial charge in [-0.25, -0.2) is 8.78 Å². The minimum Gasteiger partial charge on any atom is -0.497 e. The Bertz CT molecular complexity index is 632. The largest absolute Gasteiger partial charge is 0.497 e. The van der Waals surface area contributed by atoms with E-state index in [1.165, 1.54) is 19.2 Å². The van der Waals surface area contributed by atoms with E-state index < -0.39 is 17.0 Å². The smallest absolute Gasteiger partial charge is 0.129 e. The molecule has 21 heavy (non-hydrogen) atoms. The van der Waals surface area contributed by atoms with Crippen LogP contribution in [0.2, 0.25) is 0 Å². The minimum absolute atomic E-state index is 0.219. The fourth-order valence-electron chi connectivity index (χ4n) is 2.07. The van der Waals surface area contributed by atoms with Gasteiger partial charge in [0.1, 0.15) is 23.1 Å². The third kappa shape index (κ3) is 3.64. The first kappa shape index (κ1) is 15.6. The number of rotatable bonds is 5. The Balaban J connectivity index is 2.28. The highest BCUT2D eigenvalue weighted by Gasteiger charge is 2.17. The molecule has 0 heterocycles. The van der Waals surface area contributed by atoms with Crippen LogP contribution in [-0.2, 0) is 6.42 Å². The quantitative estimate of drug-likeness (QED) is 0.757. The summed E-state index contributed by atoms with van der Waals surface area (Å²) in [4.78, 5) is 0. The number of halogens is 3. The van der Waals surface area contributed by atoms with Gasteiger partial charge in [0.25, 0.3) is 0 Å². The molecule has 1 atom stereocenters.